The molecule has 0 saturated heterocycles. The summed E-state index contributed by atoms with van der Waals surface area (Å²) < 4.78 is 0. The second-order valence-corrected chi connectivity index (χ2v) is 8.00. The number of amides is 2. The van der Waals surface area contributed by atoms with Crippen molar-refractivity contribution in [1.29, 1.82) is 0 Å². The number of rotatable bonds is 5. The Morgan fingerprint density at radius 2 is 1.83 bits per heavy atom. The van der Waals surface area contributed by atoms with Crippen LogP contribution in [0, 0.1) is 6.92 Å². The van der Waals surface area contributed by atoms with Gasteiger partial charge >= 0.3 is 0 Å². The molecule has 24 heavy (non-hydrogen) atoms. The van der Waals surface area contributed by atoms with Gasteiger partial charge in [0.15, 0.2) is 0 Å². The van der Waals surface area contributed by atoms with Crippen molar-refractivity contribution in [2.24, 2.45) is 0 Å². The van der Waals surface area contributed by atoms with Crippen LogP contribution >= 0.6 is 34.5 Å². The van der Waals surface area contributed by atoms with Gasteiger partial charge in [-0.05, 0) is 50.6 Å². The van der Waals surface area contributed by atoms with Crippen LogP contribution in [0.15, 0.2) is 30.3 Å². The fourth-order valence-electron chi connectivity index (χ4n) is 2.15. The summed E-state index contributed by atoms with van der Waals surface area (Å²) in [5, 5.41) is 6.39. The van der Waals surface area contributed by atoms with E-state index in [1.807, 2.05) is 32.9 Å². The summed E-state index contributed by atoms with van der Waals surface area (Å²) in [5.41, 5.74) is 0.181. The minimum absolute atomic E-state index is 0.0967. The first-order chi connectivity index (χ1) is 11.2. The van der Waals surface area contributed by atoms with Gasteiger partial charge in [0.2, 0.25) is 5.91 Å². The summed E-state index contributed by atoms with van der Waals surface area (Å²) in [6.07, 6.45) is 0. The molecule has 0 atom stereocenters. The van der Waals surface area contributed by atoms with Crippen molar-refractivity contribution in [3.05, 3.63) is 55.7 Å². The maximum Gasteiger partial charge on any atom is 0.261 e. The fourth-order valence-corrected chi connectivity index (χ4v) is 3.24. The molecular formula is C17H18Cl2N2O2S. The number of thiophene rings is 1. The Labute approximate surface area is 155 Å². The van der Waals surface area contributed by atoms with Gasteiger partial charge in [-0.15, -0.1) is 11.3 Å². The molecule has 1 aromatic heterocycles. The average Bonchev–Trinajstić information content (AvgIpc) is 2.93. The number of hydrogen-bond acceptors (Lipinski definition) is 3. The minimum atomic E-state index is -0.643. The van der Waals surface area contributed by atoms with E-state index in [0.29, 0.717) is 14.9 Å². The summed E-state index contributed by atoms with van der Waals surface area (Å²) in [5.74, 6) is -0.539. The van der Waals surface area contributed by atoms with Crippen molar-refractivity contribution in [3.63, 3.8) is 0 Å². The van der Waals surface area contributed by atoms with Gasteiger partial charge in [-0.2, -0.15) is 0 Å². The van der Waals surface area contributed by atoms with Crippen LogP contribution in [0.2, 0.25) is 10.0 Å². The molecule has 1 heterocycles. The van der Waals surface area contributed by atoms with Crippen molar-refractivity contribution >= 4 is 46.4 Å². The molecule has 2 aromatic rings. The lowest BCUT2D eigenvalue weighted by molar-refractivity contribution is -0.121. The Bertz CT molecular complexity index is 772. The van der Waals surface area contributed by atoms with Crippen molar-refractivity contribution in [2.45, 2.75) is 26.3 Å². The summed E-state index contributed by atoms with van der Waals surface area (Å²) in [6.45, 7) is 5.54. The molecule has 0 spiro atoms. The normalized spacial score (nSPS) is 11.2. The van der Waals surface area contributed by atoms with E-state index in [0.717, 1.165) is 10.4 Å². The van der Waals surface area contributed by atoms with E-state index in [9.17, 15) is 9.59 Å². The van der Waals surface area contributed by atoms with Crippen LogP contribution in [0.5, 0.6) is 0 Å². The molecule has 2 rings (SSSR count). The van der Waals surface area contributed by atoms with Gasteiger partial charge in [-0.25, -0.2) is 0 Å². The largest absolute Gasteiger partial charge is 0.346 e. The van der Waals surface area contributed by atoms with Gasteiger partial charge in [-0.1, -0.05) is 29.3 Å². The zero-order valence-corrected chi connectivity index (χ0v) is 15.9. The third-order valence-electron chi connectivity index (χ3n) is 3.47. The Kier molecular flexibility index (Phi) is 5.91. The average molecular weight is 385 g/mol. The molecule has 0 fully saturated rings. The molecule has 0 unspecified atom stereocenters. The maximum absolute atomic E-state index is 12.1. The van der Waals surface area contributed by atoms with Gasteiger partial charge in [0.25, 0.3) is 5.91 Å². The molecule has 0 bridgehead atoms. The molecule has 7 heteroatoms. The second kappa shape index (κ2) is 7.55. The van der Waals surface area contributed by atoms with Crippen LogP contribution in [0.3, 0.4) is 0 Å². The number of carbonyl (C=O) groups is 2. The van der Waals surface area contributed by atoms with Crippen LogP contribution in [0.4, 0.5) is 0 Å². The van der Waals surface area contributed by atoms with Crippen LogP contribution < -0.4 is 10.6 Å². The number of carbonyl (C=O) groups excluding carboxylic acids is 2. The number of benzene rings is 1. The molecule has 0 aliphatic carbocycles. The predicted molar refractivity (Wildman–Crippen MR) is 99.0 cm³/mol. The molecule has 4 nitrogen and oxygen atoms in total. The lowest BCUT2D eigenvalue weighted by Gasteiger charge is -2.27. The highest BCUT2D eigenvalue weighted by Gasteiger charge is 2.23. The zero-order chi connectivity index (χ0) is 17.9. The summed E-state index contributed by atoms with van der Waals surface area (Å²) in [6, 6.07) is 8.83. The molecule has 128 valence electrons. The molecule has 2 amide bonds. The third-order valence-corrected chi connectivity index (χ3v) is 5.21. The van der Waals surface area contributed by atoms with Crippen molar-refractivity contribution in [1.82, 2.24) is 10.6 Å². The highest BCUT2D eigenvalue weighted by atomic mass is 35.5. The van der Waals surface area contributed by atoms with Crippen LogP contribution in [0.25, 0.3) is 0 Å². The van der Waals surface area contributed by atoms with Gasteiger partial charge in [0.1, 0.15) is 0 Å². The van der Waals surface area contributed by atoms with E-state index < -0.39 is 5.54 Å². The van der Waals surface area contributed by atoms with Crippen molar-refractivity contribution in [2.75, 3.05) is 6.54 Å². The highest BCUT2D eigenvalue weighted by Crippen LogP contribution is 2.28. The standard InChI is InChI=1S/C17H18Cl2N2O2S/c1-10-4-7-14(24-10)16(23)20-9-15(22)21-17(2,3)11-5-6-12(18)13(19)8-11/h4-8H,9H2,1-3H3,(H,20,23)(H,21,22). The predicted octanol–water partition coefficient (Wildman–Crippen LogP) is 4.14. The molecule has 0 aliphatic heterocycles. The van der Waals surface area contributed by atoms with Crippen molar-refractivity contribution < 1.29 is 9.59 Å². The Balaban J connectivity index is 1.95. The minimum Gasteiger partial charge on any atom is -0.346 e. The van der Waals surface area contributed by atoms with E-state index in [4.69, 9.17) is 23.2 Å². The van der Waals surface area contributed by atoms with Gasteiger partial charge in [0.05, 0.1) is 27.0 Å². The van der Waals surface area contributed by atoms with E-state index in [2.05, 4.69) is 10.6 Å². The first kappa shape index (κ1) is 18.8. The number of aryl methyl sites for hydroxylation is 1. The quantitative estimate of drug-likeness (QED) is 0.813. The fraction of sp³-hybridized carbons (Fsp3) is 0.294. The first-order valence-electron chi connectivity index (χ1n) is 7.30. The lowest BCUT2D eigenvalue weighted by Crippen LogP contribution is -2.45. The maximum atomic E-state index is 12.1. The van der Waals surface area contributed by atoms with E-state index in [1.165, 1.54) is 11.3 Å². The molecule has 1 aromatic carbocycles. The van der Waals surface area contributed by atoms with E-state index in [-0.39, 0.29) is 18.4 Å². The SMILES string of the molecule is Cc1ccc(C(=O)NCC(=O)NC(C)(C)c2ccc(Cl)c(Cl)c2)s1. The van der Waals surface area contributed by atoms with Crippen LogP contribution in [0.1, 0.15) is 34.0 Å². The molecule has 2 N–H and O–H groups in total. The molecule has 0 radical (unpaired) electrons. The van der Waals surface area contributed by atoms with E-state index in [1.54, 1.807) is 18.2 Å². The van der Waals surface area contributed by atoms with Gasteiger partial charge in [-0.3, -0.25) is 9.59 Å². The van der Waals surface area contributed by atoms with E-state index >= 15 is 0 Å². The summed E-state index contributed by atoms with van der Waals surface area (Å²) in [7, 11) is 0. The van der Waals surface area contributed by atoms with Gasteiger partial charge < -0.3 is 10.6 Å². The Morgan fingerprint density at radius 3 is 2.42 bits per heavy atom. The second-order valence-electron chi connectivity index (χ2n) is 5.90. The zero-order valence-electron chi connectivity index (χ0n) is 13.6. The molecule has 0 saturated carbocycles. The molecule has 0 aliphatic rings. The third kappa shape index (κ3) is 4.72. The summed E-state index contributed by atoms with van der Waals surface area (Å²) >= 11 is 13.3. The number of halogens is 2. The highest BCUT2D eigenvalue weighted by molar-refractivity contribution is 7.13. The smallest absolute Gasteiger partial charge is 0.261 e. The Morgan fingerprint density at radius 1 is 1.12 bits per heavy atom. The number of hydrogen-bond donors (Lipinski definition) is 2. The number of nitrogens with one attached hydrogen (secondary N) is 2. The summed E-state index contributed by atoms with van der Waals surface area (Å²) in [4.78, 5) is 25.7. The lowest BCUT2D eigenvalue weighted by atomic mass is 9.94. The van der Waals surface area contributed by atoms with Crippen molar-refractivity contribution in [3.8, 4) is 0 Å². The van der Waals surface area contributed by atoms with Crippen LogP contribution in [-0.2, 0) is 10.3 Å². The molecular weight excluding hydrogens is 367 g/mol. The van der Waals surface area contributed by atoms with Crippen LogP contribution in [-0.4, -0.2) is 18.4 Å². The monoisotopic (exact) mass is 384 g/mol. The Hall–Kier alpha value is -1.56. The van der Waals surface area contributed by atoms with Gasteiger partial charge in [0, 0.05) is 4.88 Å². The first-order valence-corrected chi connectivity index (χ1v) is 8.87. The topological polar surface area (TPSA) is 58.2 Å².